The van der Waals surface area contributed by atoms with Crippen LogP contribution in [0.4, 0.5) is 5.82 Å². The molecule has 0 fully saturated rings. The fourth-order valence-electron chi connectivity index (χ4n) is 2.63. The third-order valence-corrected chi connectivity index (χ3v) is 3.79. The molecule has 23 heavy (non-hydrogen) atoms. The van der Waals surface area contributed by atoms with Crippen molar-refractivity contribution in [3.8, 4) is 34.4 Å². The van der Waals surface area contributed by atoms with E-state index in [4.69, 9.17) is 14.9 Å². The average molecular weight is 306 g/mol. The molecule has 5 nitrogen and oxygen atoms in total. The zero-order valence-corrected chi connectivity index (χ0v) is 12.9. The molecule has 0 spiro atoms. The van der Waals surface area contributed by atoms with Gasteiger partial charge in [0.05, 0.1) is 18.9 Å². The van der Waals surface area contributed by atoms with Gasteiger partial charge in [0.25, 0.3) is 5.82 Å². The van der Waals surface area contributed by atoms with Gasteiger partial charge in [0, 0.05) is 11.1 Å². The zero-order valence-electron chi connectivity index (χ0n) is 12.9. The average Bonchev–Trinajstić information content (AvgIpc) is 3.10. The van der Waals surface area contributed by atoms with Crippen molar-refractivity contribution in [1.29, 1.82) is 5.26 Å². The molecule has 3 N–H and O–H groups in total. The summed E-state index contributed by atoms with van der Waals surface area (Å²) in [7, 11) is 1.63. The van der Waals surface area contributed by atoms with E-state index in [-0.39, 0.29) is 0 Å². The molecule has 0 radical (unpaired) electrons. The van der Waals surface area contributed by atoms with Gasteiger partial charge in [0.15, 0.2) is 5.56 Å². The number of aromatic amines is 1. The molecule has 0 aliphatic rings. The minimum Gasteiger partial charge on any atom is -0.497 e. The van der Waals surface area contributed by atoms with E-state index in [2.05, 4.69) is 11.1 Å². The maximum absolute atomic E-state index is 9.44. The lowest BCUT2D eigenvalue weighted by molar-refractivity contribution is -0.347. The second-order valence-corrected chi connectivity index (χ2v) is 5.11. The fourth-order valence-corrected chi connectivity index (χ4v) is 2.63. The van der Waals surface area contributed by atoms with E-state index in [0.29, 0.717) is 22.7 Å². The van der Waals surface area contributed by atoms with Crippen LogP contribution in [0.3, 0.4) is 0 Å². The third-order valence-electron chi connectivity index (χ3n) is 3.79. The molecule has 0 atom stereocenters. The second-order valence-electron chi connectivity index (χ2n) is 5.11. The summed E-state index contributed by atoms with van der Waals surface area (Å²) in [5.74, 6) is 1.71. The SMILES string of the molecule is COc1ccc(-c2[nH+]c(N)c(C#N)c(-c3ccco3)c2C)cc1. The van der Waals surface area contributed by atoms with E-state index in [1.165, 1.54) is 0 Å². The number of furan rings is 1. The minimum absolute atomic E-state index is 0.315. The number of aromatic nitrogens is 1. The highest BCUT2D eigenvalue weighted by Crippen LogP contribution is 2.34. The Balaban J connectivity index is 2.25. The third kappa shape index (κ3) is 2.51. The largest absolute Gasteiger partial charge is 0.497 e. The Morgan fingerprint density at radius 3 is 2.52 bits per heavy atom. The lowest BCUT2D eigenvalue weighted by Crippen LogP contribution is -2.18. The molecule has 0 amide bonds. The molecule has 0 aliphatic carbocycles. The van der Waals surface area contributed by atoms with Crippen molar-refractivity contribution in [2.75, 3.05) is 12.8 Å². The van der Waals surface area contributed by atoms with Gasteiger partial charge in [-0.2, -0.15) is 5.26 Å². The van der Waals surface area contributed by atoms with Gasteiger partial charge in [-0.15, -0.1) is 0 Å². The van der Waals surface area contributed by atoms with E-state index in [0.717, 1.165) is 22.6 Å². The van der Waals surface area contributed by atoms with Crippen molar-refractivity contribution < 1.29 is 14.1 Å². The second kappa shape index (κ2) is 5.85. The van der Waals surface area contributed by atoms with E-state index in [9.17, 15) is 5.26 Å². The Bertz CT molecular complexity index is 876. The maximum Gasteiger partial charge on any atom is 0.289 e. The summed E-state index contributed by atoms with van der Waals surface area (Å²) >= 11 is 0. The molecule has 3 aromatic rings. The van der Waals surface area contributed by atoms with Crippen LogP contribution in [-0.2, 0) is 0 Å². The van der Waals surface area contributed by atoms with Crippen LogP contribution in [0.2, 0.25) is 0 Å². The smallest absolute Gasteiger partial charge is 0.289 e. The maximum atomic E-state index is 9.44. The zero-order chi connectivity index (χ0) is 16.4. The van der Waals surface area contributed by atoms with Crippen molar-refractivity contribution in [3.05, 3.63) is 53.8 Å². The van der Waals surface area contributed by atoms with Crippen LogP contribution < -0.4 is 15.5 Å². The molecule has 0 aliphatic heterocycles. The van der Waals surface area contributed by atoms with Gasteiger partial charge in [0.1, 0.15) is 23.3 Å². The highest BCUT2D eigenvalue weighted by atomic mass is 16.5. The molecule has 1 aromatic carbocycles. The van der Waals surface area contributed by atoms with E-state index in [1.807, 2.05) is 37.3 Å². The van der Waals surface area contributed by atoms with Crippen LogP contribution in [0.5, 0.6) is 5.75 Å². The lowest BCUT2D eigenvalue weighted by atomic mass is 9.96. The van der Waals surface area contributed by atoms with Crippen molar-refractivity contribution in [3.63, 3.8) is 0 Å². The highest BCUT2D eigenvalue weighted by molar-refractivity contribution is 5.79. The molecule has 0 bridgehead atoms. The van der Waals surface area contributed by atoms with Crippen molar-refractivity contribution >= 4 is 5.82 Å². The topological polar surface area (TPSA) is 86.3 Å². The summed E-state index contributed by atoms with van der Waals surface area (Å²) in [6.07, 6.45) is 1.58. The number of nitriles is 1. The molecule has 2 aromatic heterocycles. The number of anilines is 1. The molecule has 0 saturated carbocycles. The van der Waals surface area contributed by atoms with Gasteiger partial charge >= 0.3 is 0 Å². The normalized spacial score (nSPS) is 10.3. The van der Waals surface area contributed by atoms with Crippen LogP contribution >= 0.6 is 0 Å². The van der Waals surface area contributed by atoms with Gasteiger partial charge in [0.2, 0.25) is 0 Å². The van der Waals surface area contributed by atoms with E-state index in [1.54, 1.807) is 19.4 Å². The summed E-state index contributed by atoms with van der Waals surface area (Å²) in [6, 6.07) is 13.4. The van der Waals surface area contributed by atoms with Crippen LogP contribution in [0, 0.1) is 18.3 Å². The summed E-state index contributed by atoms with van der Waals surface area (Å²) in [6.45, 7) is 1.94. The number of nitrogens with two attached hydrogens (primary N) is 1. The predicted octanol–water partition coefficient (Wildman–Crippen LogP) is 3.20. The number of nitrogens with zero attached hydrogens (tertiary/aromatic N) is 1. The predicted molar refractivity (Wildman–Crippen MR) is 86.6 cm³/mol. The molecule has 2 heterocycles. The summed E-state index contributed by atoms with van der Waals surface area (Å²) in [5.41, 5.74) is 9.84. The summed E-state index contributed by atoms with van der Waals surface area (Å²) < 4.78 is 10.7. The fraction of sp³-hybridized carbons (Fsp3) is 0.111. The lowest BCUT2D eigenvalue weighted by Gasteiger charge is -2.10. The first-order chi connectivity index (χ1) is 11.2. The quantitative estimate of drug-likeness (QED) is 0.805. The van der Waals surface area contributed by atoms with Crippen LogP contribution in [-0.4, -0.2) is 7.11 Å². The number of ether oxygens (including phenoxy) is 1. The Kier molecular flexibility index (Phi) is 3.73. The molecular weight excluding hydrogens is 290 g/mol. The first kappa shape index (κ1) is 14.7. The van der Waals surface area contributed by atoms with Crippen LogP contribution in [0.1, 0.15) is 11.1 Å². The van der Waals surface area contributed by atoms with Crippen molar-refractivity contribution in [1.82, 2.24) is 0 Å². The van der Waals surface area contributed by atoms with Crippen LogP contribution in [0.15, 0.2) is 47.1 Å². The highest BCUT2D eigenvalue weighted by Gasteiger charge is 2.23. The number of nitrogens with one attached hydrogen (secondary N) is 1. The van der Waals surface area contributed by atoms with E-state index < -0.39 is 0 Å². The number of hydrogen-bond acceptors (Lipinski definition) is 4. The number of benzene rings is 1. The first-order valence-electron chi connectivity index (χ1n) is 7.09. The number of H-pyrrole nitrogens is 1. The number of rotatable bonds is 3. The Morgan fingerprint density at radius 2 is 1.96 bits per heavy atom. The summed E-state index contributed by atoms with van der Waals surface area (Å²) in [4.78, 5) is 3.12. The van der Waals surface area contributed by atoms with Crippen molar-refractivity contribution in [2.24, 2.45) is 0 Å². The minimum atomic E-state index is 0.315. The number of hydrogen-bond donors (Lipinski definition) is 1. The van der Waals surface area contributed by atoms with E-state index >= 15 is 0 Å². The molecular formula is C18H16N3O2+. The standard InChI is InChI=1S/C18H15N3O2/c1-11-16(15-4-3-9-23-15)14(10-19)18(20)21-17(11)12-5-7-13(22-2)8-6-12/h3-9H,1-2H3,(H2,20,21)/p+1. The van der Waals surface area contributed by atoms with Gasteiger partial charge in [-0.05, 0) is 43.3 Å². The molecule has 3 rings (SSSR count). The monoisotopic (exact) mass is 306 g/mol. The Hall–Kier alpha value is -3.26. The van der Waals surface area contributed by atoms with Crippen LogP contribution in [0.25, 0.3) is 22.6 Å². The van der Waals surface area contributed by atoms with Gasteiger partial charge in [-0.25, -0.2) is 4.98 Å². The van der Waals surface area contributed by atoms with Crippen molar-refractivity contribution in [2.45, 2.75) is 6.92 Å². The molecule has 5 heteroatoms. The number of pyridine rings is 1. The molecule has 0 saturated heterocycles. The molecule has 114 valence electrons. The van der Waals surface area contributed by atoms with Gasteiger partial charge in [-0.1, -0.05) is 0 Å². The van der Waals surface area contributed by atoms with Gasteiger partial charge < -0.3 is 9.15 Å². The Morgan fingerprint density at radius 1 is 1.22 bits per heavy atom. The number of methoxy groups -OCH3 is 1. The Labute approximate surface area is 134 Å². The van der Waals surface area contributed by atoms with Gasteiger partial charge in [-0.3, -0.25) is 5.73 Å². The molecule has 0 unspecified atom stereocenters. The summed E-state index contributed by atoms with van der Waals surface area (Å²) in [5, 5.41) is 9.44. The first-order valence-corrected chi connectivity index (χ1v) is 7.09. The number of nitrogen functional groups attached to an aromatic ring is 1.